The fraction of sp³-hybridized carbons (Fsp3) is 0.348. The third-order valence-electron chi connectivity index (χ3n) is 6.08. The largest absolute Gasteiger partial charge is 0.322 e. The van der Waals surface area contributed by atoms with Crippen LogP contribution in [0, 0.1) is 25.7 Å². The smallest absolute Gasteiger partial charge is 0.255 e. The van der Waals surface area contributed by atoms with Gasteiger partial charge >= 0.3 is 0 Å². The second-order valence-corrected chi connectivity index (χ2v) is 7.76. The molecule has 1 aliphatic carbocycles. The number of benzene rings is 2. The molecule has 0 bridgehead atoms. The predicted octanol–water partition coefficient (Wildman–Crippen LogP) is 4.24. The molecule has 4 rings (SSSR count). The summed E-state index contributed by atoms with van der Waals surface area (Å²) >= 11 is 0. The lowest BCUT2D eigenvalue weighted by molar-refractivity contribution is -0.122. The number of carbonyl (C=O) groups excluding carboxylic acids is 3. The molecule has 1 heterocycles. The third-order valence-corrected chi connectivity index (χ3v) is 6.08. The Morgan fingerprint density at radius 3 is 2.14 bits per heavy atom. The van der Waals surface area contributed by atoms with Crippen LogP contribution in [0.2, 0.25) is 0 Å². The Labute approximate surface area is 164 Å². The zero-order valence-corrected chi connectivity index (χ0v) is 16.2. The van der Waals surface area contributed by atoms with Crippen molar-refractivity contribution < 1.29 is 14.4 Å². The van der Waals surface area contributed by atoms with Gasteiger partial charge in [-0.05, 0) is 68.1 Å². The average Bonchev–Trinajstić information content (AvgIpc) is 2.96. The summed E-state index contributed by atoms with van der Waals surface area (Å²) in [6, 6.07) is 12.5. The lowest BCUT2D eigenvalue weighted by atomic mass is 9.81. The van der Waals surface area contributed by atoms with Gasteiger partial charge in [0.2, 0.25) is 11.8 Å². The number of imide groups is 1. The van der Waals surface area contributed by atoms with E-state index in [4.69, 9.17) is 0 Å². The van der Waals surface area contributed by atoms with Crippen molar-refractivity contribution in [3.63, 3.8) is 0 Å². The third kappa shape index (κ3) is 3.11. The van der Waals surface area contributed by atoms with E-state index < -0.39 is 0 Å². The molecule has 0 radical (unpaired) electrons. The highest BCUT2D eigenvalue weighted by atomic mass is 16.2. The van der Waals surface area contributed by atoms with E-state index in [9.17, 15) is 14.4 Å². The highest BCUT2D eigenvalue weighted by molar-refractivity contribution is 6.22. The Morgan fingerprint density at radius 2 is 1.54 bits per heavy atom. The summed E-state index contributed by atoms with van der Waals surface area (Å²) in [6.07, 6.45) is 3.60. The van der Waals surface area contributed by atoms with Crippen molar-refractivity contribution in [2.45, 2.75) is 39.5 Å². The molecule has 2 aromatic carbocycles. The maximum absolute atomic E-state index is 12.7. The van der Waals surface area contributed by atoms with Gasteiger partial charge in [-0.2, -0.15) is 0 Å². The highest BCUT2D eigenvalue weighted by Gasteiger charge is 2.48. The molecule has 0 unspecified atom stereocenters. The number of hydrogen-bond acceptors (Lipinski definition) is 3. The molecule has 1 N–H and O–H groups in total. The van der Waals surface area contributed by atoms with Crippen LogP contribution in [0.1, 0.15) is 47.2 Å². The molecule has 0 spiro atoms. The Morgan fingerprint density at radius 1 is 0.929 bits per heavy atom. The van der Waals surface area contributed by atoms with Crippen LogP contribution in [0.15, 0.2) is 42.5 Å². The second-order valence-electron chi connectivity index (χ2n) is 7.76. The molecule has 2 atom stereocenters. The number of nitrogens with one attached hydrogen (secondary N) is 1. The quantitative estimate of drug-likeness (QED) is 0.815. The van der Waals surface area contributed by atoms with Gasteiger partial charge in [0.25, 0.3) is 5.91 Å². The fourth-order valence-electron chi connectivity index (χ4n) is 4.26. The van der Waals surface area contributed by atoms with Crippen molar-refractivity contribution in [3.8, 4) is 0 Å². The van der Waals surface area contributed by atoms with Gasteiger partial charge in [-0.25, -0.2) is 0 Å². The van der Waals surface area contributed by atoms with Gasteiger partial charge in [-0.3, -0.25) is 19.3 Å². The van der Waals surface area contributed by atoms with E-state index in [1.165, 1.54) is 4.90 Å². The lowest BCUT2D eigenvalue weighted by Crippen LogP contribution is -2.30. The summed E-state index contributed by atoms with van der Waals surface area (Å²) in [5.41, 5.74) is 3.96. The Hall–Kier alpha value is -2.95. The number of nitrogens with zero attached hydrogens (tertiary/aromatic N) is 1. The van der Waals surface area contributed by atoms with Gasteiger partial charge in [0.1, 0.15) is 0 Å². The first kappa shape index (κ1) is 18.4. The Kier molecular flexibility index (Phi) is 4.75. The molecule has 1 saturated carbocycles. The van der Waals surface area contributed by atoms with Crippen LogP contribution in [0.5, 0.6) is 0 Å². The van der Waals surface area contributed by atoms with Gasteiger partial charge in [0.15, 0.2) is 0 Å². The maximum Gasteiger partial charge on any atom is 0.255 e. The minimum absolute atomic E-state index is 0.0951. The van der Waals surface area contributed by atoms with Crippen LogP contribution in [0.25, 0.3) is 0 Å². The van der Waals surface area contributed by atoms with Crippen LogP contribution in [-0.4, -0.2) is 17.7 Å². The molecular weight excluding hydrogens is 352 g/mol. The fourth-order valence-corrected chi connectivity index (χ4v) is 4.26. The second kappa shape index (κ2) is 7.23. The zero-order chi connectivity index (χ0) is 19.8. The first-order chi connectivity index (χ1) is 13.5. The van der Waals surface area contributed by atoms with Crippen molar-refractivity contribution in [3.05, 3.63) is 59.2 Å². The van der Waals surface area contributed by atoms with E-state index in [2.05, 4.69) is 5.32 Å². The van der Waals surface area contributed by atoms with Crippen LogP contribution < -0.4 is 10.2 Å². The van der Waals surface area contributed by atoms with E-state index in [0.29, 0.717) is 11.3 Å². The first-order valence-electron chi connectivity index (χ1n) is 9.83. The number of aryl methyl sites for hydroxylation is 1. The molecule has 28 heavy (non-hydrogen) atoms. The molecule has 5 heteroatoms. The molecule has 0 aromatic heterocycles. The number of fused-ring (bicyclic) bond motifs is 1. The van der Waals surface area contributed by atoms with Gasteiger partial charge in [-0.1, -0.05) is 25.0 Å². The number of amides is 3. The van der Waals surface area contributed by atoms with E-state index in [-0.39, 0.29) is 29.6 Å². The van der Waals surface area contributed by atoms with Crippen LogP contribution in [0.3, 0.4) is 0 Å². The summed E-state index contributed by atoms with van der Waals surface area (Å²) in [7, 11) is 0. The van der Waals surface area contributed by atoms with Crippen molar-refractivity contribution in [1.29, 1.82) is 0 Å². The maximum atomic E-state index is 12.7. The van der Waals surface area contributed by atoms with Crippen molar-refractivity contribution >= 4 is 29.1 Å². The molecule has 5 nitrogen and oxygen atoms in total. The van der Waals surface area contributed by atoms with Crippen molar-refractivity contribution in [1.82, 2.24) is 0 Å². The summed E-state index contributed by atoms with van der Waals surface area (Å²) in [6.45, 7) is 3.97. The number of anilines is 2. The number of rotatable bonds is 3. The SMILES string of the molecule is Cc1cccc(NC(=O)c2ccc(N3C(=O)[C@H]4CCCC[C@H]4C3=O)cc2)c1C. The zero-order valence-electron chi connectivity index (χ0n) is 16.2. The van der Waals surface area contributed by atoms with Crippen LogP contribution in [0.4, 0.5) is 11.4 Å². The first-order valence-corrected chi connectivity index (χ1v) is 9.83. The van der Waals surface area contributed by atoms with Crippen LogP contribution >= 0.6 is 0 Å². The summed E-state index contributed by atoms with van der Waals surface area (Å²) in [5.74, 6) is -0.750. The van der Waals surface area contributed by atoms with E-state index >= 15 is 0 Å². The van der Waals surface area contributed by atoms with Gasteiger partial charge < -0.3 is 5.32 Å². The van der Waals surface area contributed by atoms with Gasteiger partial charge in [0, 0.05) is 11.3 Å². The highest BCUT2D eigenvalue weighted by Crippen LogP contribution is 2.40. The topological polar surface area (TPSA) is 66.5 Å². The average molecular weight is 376 g/mol. The van der Waals surface area contributed by atoms with Gasteiger partial charge in [-0.15, -0.1) is 0 Å². The molecular formula is C23H24N2O3. The molecule has 1 aliphatic heterocycles. The summed E-state index contributed by atoms with van der Waals surface area (Å²) in [5, 5.41) is 2.93. The molecule has 2 fully saturated rings. The van der Waals surface area contributed by atoms with Crippen molar-refractivity contribution in [2.75, 3.05) is 10.2 Å². The predicted molar refractivity (Wildman–Crippen MR) is 108 cm³/mol. The lowest BCUT2D eigenvalue weighted by Gasteiger charge is -2.19. The van der Waals surface area contributed by atoms with E-state index in [1.54, 1.807) is 24.3 Å². The van der Waals surface area contributed by atoms with Crippen molar-refractivity contribution in [2.24, 2.45) is 11.8 Å². The monoisotopic (exact) mass is 376 g/mol. The normalized spacial score (nSPS) is 21.6. The minimum Gasteiger partial charge on any atom is -0.322 e. The Bertz CT molecular complexity index is 925. The minimum atomic E-state index is -0.215. The molecule has 2 aromatic rings. The van der Waals surface area contributed by atoms with Gasteiger partial charge in [0.05, 0.1) is 17.5 Å². The molecule has 144 valence electrons. The van der Waals surface area contributed by atoms with E-state index in [0.717, 1.165) is 42.5 Å². The summed E-state index contributed by atoms with van der Waals surface area (Å²) in [4.78, 5) is 39.3. The van der Waals surface area contributed by atoms with E-state index in [1.807, 2.05) is 32.0 Å². The number of carbonyl (C=O) groups is 3. The molecule has 2 aliphatic rings. The standard InChI is InChI=1S/C23H24N2O3/c1-14-6-5-9-20(15(14)2)24-21(26)16-10-12-17(13-11-16)25-22(27)18-7-3-4-8-19(18)23(25)28/h5-6,9-13,18-19H,3-4,7-8H2,1-2H3,(H,24,26)/t18-,19+. The molecule has 1 saturated heterocycles. The Balaban J connectivity index is 1.52. The summed E-state index contributed by atoms with van der Waals surface area (Å²) < 4.78 is 0. The number of hydrogen-bond donors (Lipinski definition) is 1. The van der Waals surface area contributed by atoms with Crippen LogP contribution in [-0.2, 0) is 9.59 Å². The molecule has 3 amide bonds.